The van der Waals surface area contributed by atoms with Crippen molar-refractivity contribution in [3.63, 3.8) is 0 Å². The van der Waals surface area contributed by atoms with Gasteiger partial charge in [-0.1, -0.05) is 11.6 Å². The molecule has 0 fully saturated rings. The Morgan fingerprint density at radius 1 is 1.27 bits per heavy atom. The van der Waals surface area contributed by atoms with Gasteiger partial charge >= 0.3 is 0 Å². The lowest BCUT2D eigenvalue weighted by atomic mass is 10.2. The van der Waals surface area contributed by atoms with Crippen LogP contribution >= 0.6 is 11.6 Å². The van der Waals surface area contributed by atoms with Crippen molar-refractivity contribution in [3.05, 3.63) is 42.9 Å². The molecule has 0 bridgehead atoms. The van der Waals surface area contributed by atoms with Crippen molar-refractivity contribution >= 4 is 23.0 Å². The molecule has 0 aliphatic heterocycles. The zero-order chi connectivity index (χ0) is 11.6. The smallest absolute Gasteiger partial charge is 0.258 e. The van der Waals surface area contributed by atoms with Crippen LogP contribution in [-0.2, 0) is 0 Å². The molecule has 1 rings (SSSR count). The van der Waals surface area contributed by atoms with Crippen molar-refractivity contribution in [1.82, 2.24) is 0 Å². The largest absolute Gasteiger partial charge is 0.295 e. The lowest BCUT2D eigenvalue weighted by Crippen LogP contribution is -1.96. The van der Waals surface area contributed by atoms with Crippen LogP contribution in [0, 0.1) is 31.6 Å². The molecule has 1 aromatic rings. The highest BCUT2D eigenvalue weighted by molar-refractivity contribution is 6.32. The summed E-state index contributed by atoms with van der Waals surface area (Å²) in [5.41, 5.74) is -1.57. The standard InChI is InChI=1S/C7H2ClN3O4/c8-6-1-4(10(12)13)2-7(11(14)15)5(6)3-9/h1-2H. The van der Waals surface area contributed by atoms with Gasteiger partial charge in [0.05, 0.1) is 20.9 Å². The molecule has 7 nitrogen and oxygen atoms in total. The molecule has 0 N–H and O–H groups in total. The maximum absolute atomic E-state index is 10.5. The zero-order valence-corrected chi connectivity index (χ0v) is 7.76. The third-order valence-corrected chi connectivity index (χ3v) is 1.87. The van der Waals surface area contributed by atoms with Crippen molar-refractivity contribution in [2.75, 3.05) is 0 Å². The first-order chi connectivity index (χ1) is 6.97. The second kappa shape index (κ2) is 3.89. The van der Waals surface area contributed by atoms with E-state index in [0.717, 1.165) is 6.07 Å². The Morgan fingerprint density at radius 3 is 2.27 bits per heavy atom. The normalized spacial score (nSPS) is 9.33. The zero-order valence-electron chi connectivity index (χ0n) is 7.01. The van der Waals surface area contributed by atoms with Gasteiger partial charge in [-0.2, -0.15) is 5.26 Å². The van der Waals surface area contributed by atoms with Gasteiger partial charge in [-0.3, -0.25) is 20.2 Å². The van der Waals surface area contributed by atoms with Crippen LogP contribution < -0.4 is 0 Å². The molecule has 0 atom stereocenters. The summed E-state index contributed by atoms with van der Waals surface area (Å²) in [6, 6.07) is 3.11. The predicted octanol–water partition coefficient (Wildman–Crippen LogP) is 2.03. The van der Waals surface area contributed by atoms with Crippen LogP contribution in [0.25, 0.3) is 0 Å². The summed E-state index contributed by atoms with van der Waals surface area (Å²) in [6.07, 6.45) is 0. The van der Waals surface area contributed by atoms with Gasteiger partial charge in [0.2, 0.25) is 0 Å². The molecule has 0 saturated heterocycles. The number of hydrogen-bond acceptors (Lipinski definition) is 5. The molecule has 0 aliphatic rings. The van der Waals surface area contributed by atoms with E-state index in [1.807, 2.05) is 0 Å². The number of nitro benzene ring substituents is 2. The second-order valence-corrected chi connectivity index (χ2v) is 2.85. The molecule has 15 heavy (non-hydrogen) atoms. The van der Waals surface area contributed by atoms with Crippen LogP contribution in [0.5, 0.6) is 0 Å². The first-order valence-electron chi connectivity index (χ1n) is 3.49. The van der Waals surface area contributed by atoms with E-state index in [1.165, 1.54) is 6.07 Å². The molecule has 0 aromatic heterocycles. The average molecular weight is 228 g/mol. The Hall–Kier alpha value is -2.20. The van der Waals surface area contributed by atoms with E-state index >= 15 is 0 Å². The number of nitriles is 1. The van der Waals surface area contributed by atoms with Gasteiger partial charge in [0.25, 0.3) is 11.4 Å². The van der Waals surface area contributed by atoms with Crippen molar-refractivity contribution in [1.29, 1.82) is 5.26 Å². The van der Waals surface area contributed by atoms with Crippen LogP contribution in [0.1, 0.15) is 5.56 Å². The first kappa shape index (κ1) is 10.9. The molecule has 1 aromatic carbocycles. The summed E-state index contributed by atoms with van der Waals surface area (Å²) in [7, 11) is 0. The highest BCUT2D eigenvalue weighted by atomic mass is 35.5. The third-order valence-electron chi connectivity index (χ3n) is 1.57. The molecular weight excluding hydrogens is 226 g/mol. The van der Waals surface area contributed by atoms with E-state index in [1.54, 1.807) is 0 Å². The van der Waals surface area contributed by atoms with Gasteiger partial charge in [0.15, 0.2) is 0 Å². The van der Waals surface area contributed by atoms with Gasteiger partial charge < -0.3 is 0 Å². The monoisotopic (exact) mass is 227 g/mol. The summed E-state index contributed by atoms with van der Waals surface area (Å²) < 4.78 is 0. The molecule has 76 valence electrons. The van der Waals surface area contributed by atoms with E-state index < -0.39 is 21.2 Å². The number of nitro groups is 2. The Labute approximate surface area is 87.8 Å². The van der Waals surface area contributed by atoms with Crippen LogP contribution in [0.15, 0.2) is 12.1 Å². The maximum Gasteiger partial charge on any atom is 0.295 e. The number of nitrogens with zero attached hydrogens (tertiary/aromatic N) is 3. The molecule has 0 saturated carbocycles. The fourth-order valence-electron chi connectivity index (χ4n) is 0.938. The summed E-state index contributed by atoms with van der Waals surface area (Å²) in [4.78, 5) is 19.1. The molecular formula is C7H2ClN3O4. The summed E-state index contributed by atoms with van der Waals surface area (Å²) in [5, 5.41) is 29.1. The van der Waals surface area contributed by atoms with Crippen LogP contribution in [0.2, 0.25) is 5.02 Å². The topological polar surface area (TPSA) is 110 Å². The number of non-ortho nitro benzene ring substituents is 1. The number of benzene rings is 1. The Balaban J connectivity index is 3.54. The maximum atomic E-state index is 10.5. The van der Waals surface area contributed by atoms with Gasteiger partial charge in [-0.05, 0) is 0 Å². The van der Waals surface area contributed by atoms with E-state index in [-0.39, 0.29) is 10.6 Å². The lowest BCUT2D eigenvalue weighted by molar-refractivity contribution is -0.394. The highest BCUT2D eigenvalue weighted by Crippen LogP contribution is 2.30. The van der Waals surface area contributed by atoms with Gasteiger partial charge in [-0.25, -0.2) is 0 Å². The Bertz CT molecular complexity index is 494. The summed E-state index contributed by atoms with van der Waals surface area (Å²) in [5.74, 6) is 0. The number of hydrogen-bond donors (Lipinski definition) is 0. The predicted molar refractivity (Wildman–Crippen MR) is 49.5 cm³/mol. The van der Waals surface area contributed by atoms with E-state index in [9.17, 15) is 20.2 Å². The van der Waals surface area contributed by atoms with Crippen molar-refractivity contribution < 1.29 is 9.85 Å². The fraction of sp³-hybridized carbons (Fsp3) is 0. The molecule has 0 spiro atoms. The van der Waals surface area contributed by atoms with Crippen LogP contribution in [-0.4, -0.2) is 9.85 Å². The summed E-state index contributed by atoms with van der Waals surface area (Å²) >= 11 is 5.49. The minimum absolute atomic E-state index is 0.307. The molecule has 0 unspecified atom stereocenters. The quantitative estimate of drug-likeness (QED) is 0.567. The van der Waals surface area contributed by atoms with Gasteiger partial charge in [-0.15, -0.1) is 0 Å². The molecule has 0 heterocycles. The van der Waals surface area contributed by atoms with Crippen molar-refractivity contribution in [2.45, 2.75) is 0 Å². The van der Waals surface area contributed by atoms with Gasteiger partial charge in [0.1, 0.15) is 11.6 Å². The first-order valence-corrected chi connectivity index (χ1v) is 3.87. The fourth-order valence-corrected chi connectivity index (χ4v) is 1.19. The van der Waals surface area contributed by atoms with Crippen LogP contribution in [0.3, 0.4) is 0 Å². The second-order valence-electron chi connectivity index (χ2n) is 2.45. The minimum atomic E-state index is -0.891. The van der Waals surface area contributed by atoms with Crippen molar-refractivity contribution in [2.24, 2.45) is 0 Å². The minimum Gasteiger partial charge on any atom is -0.258 e. The van der Waals surface area contributed by atoms with Crippen molar-refractivity contribution in [3.8, 4) is 6.07 Å². The van der Waals surface area contributed by atoms with E-state index in [4.69, 9.17) is 16.9 Å². The SMILES string of the molecule is N#Cc1c(Cl)cc([N+](=O)[O-])cc1[N+](=O)[O-]. The van der Waals surface area contributed by atoms with Crippen LogP contribution in [0.4, 0.5) is 11.4 Å². The molecule has 0 aliphatic carbocycles. The lowest BCUT2D eigenvalue weighted by Gasteiger charge is -1.97. The molecule has 0 amide bonds. The molecule has 0 radical (unpaired) electrons. The van der Waals surface area contributed by atoms with Gasteiger partial charge in [0, 0.05) is 6.07 Å². The Morgan fingerprint density at radius 2 is 1.87 bits per heavy atom. The Kier molecular flexibility index (Phi) is 2.82. The summed E-state index contributed by atoms with van der Waals surface area (Å²) in [6.45, 7) is 0. The average Bonchev–Trinajstić information content (AvgIpc) is 2.16. The number of rotatable bonds is 2. The molecule has 8 heteroatoms. The third kappa shape index (κ3) is 2.00. The van der Waals surface area contributed by atoms with E-state index in [2.05, 4.69) is 0 Å². The highest BCUT2D eigenvalue weighted by Gasteiger charge is 2.22. The van der Waals surface area contributed by atoms with E-state index in [0.29, 0.717) is 6.07 Å². The number of halogens is 1.